The van der Waals surface area contributed by atoms with Gasteiger partial charge in [0.25, 0.3) is 0 Å². The van der Waals surface area contributed by atoms with Crippen LogP contribution in [0.5, 0.6) is 0 Å². The van der Waals surface area contributed by atoms with Gasteiger partial charge in [-0.2, -0.15) is 0 Å². The maximum absolute atomic E-state index is 12.5. The van der Waals surface area contributed by atoms with Crippen LogP contribution in [-0.4, -0.2) is 46.2 Å². The number of nitrogens with one attached hydrogen (secondary N) is 1. The van der Waals surface area contributed by atoms with Crippen molar-refractivity contribution in [1.29, 1.82) is 0 Å². The van der Waals surface area contributed by atoms with Gasteiger partial charge in [-0.25, -0.2) is 0 Å². The number of hydrogen-bond acceptors (Lipinski definition) is 4. The van der Waals surface area contributed by atoms with Gasteiger partial charge in [0.1, 0.15) is 0 Å². The van der Waals surface area contributed by atoms with Gasteiger partial charge in [-0.05, 0) is 24.8 Å². The molecule has 0 bridgehead atoms. The second-order valence-electron chi connectivity index (χ2n) is 5.76. The summed E-state index contributed by atoms with van der Waals surface area (Å²) in [6, 6.07) is 9.85. The molecule has 1 aromatic rings. The SMILES string of the molecule is O=C([C@@H]1CSCN1)N1CCC[C@H]1C[C@@H](O)c1ccccc1. The number of carbonyl (C=O) groups is 1. The van der Waals surface area contributed by atoms with Crippen LogP contribution < -0.4 is 5.32 Å². The molecule has 114 valence electrons. The van der Waals surface area contributed by atoms with Gasteiger partial charge in [-0.1, -0.05) is 30.3 Å². The van der Waals surface area contributed by atoms with Gasteiger partial charge in [-0.3, -0.25) is 10.1 Å². The molecule has 2 aliphatic rings. The number of rotatable bonds is 4. The van der Waals surface area contributed by atoms with E-state index in [-0.39, 0.29) is 18.0 Å². The van der Waals surface area contributed by atoms with Crippen LogP contribution in [-0.2, 0) is 4.79 Å². The summed E-state index contributed by atoms with van der Waals surface area (Å²) in [6.07, 6.45) is 2.18. The van der Waals surface area contributed by atoms with E-state index >= 15 is 0 Å². The summed E-state index contributed by atoms with van der Waals surface area (Å²) in [5, 5.41) is 13.6. The summed E-state index contributed by atoms with van der Waals surface area (Å²) >= 11 is 1.77. The van der Waals surface area contributed by atoms with Crippen LogP contribution in [0.1, 0.15) is 30.9 Å². The lowest BCUT2D eigenvalue weighted by molar-refractivity contribution is -0.133. The Morgan fingerprint density at radius 2 is 2.24 bits per heavy atom. The minimum absolute atomic E-state index is 0.0375. The average Bonchev–Trinajstić information content (AvgIpc) is 3.19. The van der Waals surface area contributed by atoms with E-state index in [1.54, 1.807) is 11.8 Å². The topological polar surface area (TPSA) is 52.6 Å². The van der Waals surface area contributed by atoms with Gasteiger partial charge < -0.3 is 10.0 Å². The second kappa shape index (κ2) is 6.81. The number of hydrogen-bond donors (Lipinski definition) is 2. The van der Waals surface area contributed by atoms with E-state index in [0.29, 0.717) is 6.42 Å². The van der Waals surface area contributed by atoms with Crippen LogP contribution in [0.4, 0.5) is 0 Å². The number of aliphatic hydroxyl groups is 1. The van der Waals surface area contributed by atoms with Crippen molar-refractivity contribution in [3.05, 3.63) is 35.9 Å². The van der Waals surface area contributed by atoms with E-state index in [4.69, 9.17) is 0 Å². The fourth-order valence-electron chi connectivity index (χ4n) is 3.19. The van der Waals surface area contributed by atoms with Crippen molar-refractivity contribution in [1.82, 2.24) is 10.2 Å². The van der Waals surface area contributed by atoms with Crippen molar-refractivity contribution < 1.29 is 9.90 Å². The molecule has 4 nitrogen and oxygen atoms in total. The van der Waals surface area contributed by atoms with Crippen LogP contribution in [0.15, 0.2) is 30.3 Å². The first-order valence-corrected chi connectivity index (χ1v) is 8.76. The molecule has 21 heavy (non-hydrogen) atoms. The fraction of sp³-hybridized carbons (Fsp3) is 0.562. The van der Waals surface area contributed by atoms with Gasteiger partial charge in [0, 0.05) is 24.2 Å². The van der Waals surface area contributed by atoms with Crippen LogP contribution in [0.2, 0.25) is 0 Å². The molecule has 3 atom stereocenters. The predicted molar refractivity (Wildman–Crippen MR) is 85.0 cm³/mol. The summed E-state index contributed by atoms with van der Waals surface area (Å²) in [7, 11) is 0. The summed E-state index contributed by atoms with van der Waals surface area (Å²) < 4.78 is 0. The number of carbonyl (C=O) groups excluding carboxylic acids is 1. The Morgan fingerprint density at radius 1 is 1.43 bits per heavy atom. The highest BCUT2D eigenvalue weighted by Gasteiger charge is 2.35. The highest BCUT2D eigenvalue weighted by atomic mass is 32.2. The minimum atomic E-state index is -0.490. The Hall–Kier alpha value is -1.04. The van der Waals surface area contributed by atoms with Gasteiger partial charge in [0.05, 0.1) is 12.1 Å². The number of likely N-dealkylation sites (tertiary alicyclic amines) is 1. The molecule has 0 aromatic heterocycles. The third-order valence-corrected chi connectivity index (χ3v) is 5.29. The highest BCUT2D eigenvalue weighted by molar-refractivity contribution is 7.99. The fourth-order valence-corrected chi connectivity index (χ4v) is 4.13. The molecule has 0 unspecified atom stereocenters. The summed E-state index contributed by atoms with van der Waals surface area (Å²) in [4.78, 5) is 14.5. The standard InChI is InChI=1S/C16H22N2O2S/c19-15(12-5-2-1-3-6-12)9-13-7-4-8-18(13)16(20)14-10-21-11-17-14/h1-3,5-6,13-15,17,19H,4,7-11H2/t13-,14-,15+/m0/s1. The lowest BCUT2D eigenvalue weighted by Gasteiger charge is -2.28. The Bertz CT molecular complexity index is 476. The third kappa shape index (κ3) is 3.42. The molecule has 1 aromatic carbocycles. The zero-order valence-electron chi connectivity index (χ0n) is 12.1. The summed E-state index contributed by atoms with van der Waals surface area (Å²) in [6.45, 7) is 0.827. The van der Waals surface area contributed by atoms with E-state index in [0.717, 1.165) is 36.6 Å². The summed E-state index contributed by atoms with van der Waals surface area (Å²) in [5.74, 6) is 1.94. The number of benzene rings is 1. The Balaban J connectivity index is 1.62. The lowest BCUT2D eigenvalue weighted by Crippen LogP contribution is -2.47. The van der Waals surface area contributed by atoms with Crippen LogP contribution in [0.3, 0.4) is 0 Å². The van der Waals surface area contributed by atoms with Crippen molar-refractivity contribution in [2.75, 3.05) is 18.2 Å². The molecule has 2 aliphatic heterocycles. The van der Waals surface area contributed by atoms with E-state index < -0.39 is 6.10 Å². The third-order valence-electron chi connectivity index (χ3n) is 4.35. The van der Waals surface area contributed by atoms with Crippen LogP contribution >= 0.6 is 11.8 Å². The van der Waals surface area contributed by atoms with Crippen molar-refractivity contribution in [3.8, 4) is 0 Å². The molecule has 2 N–H and O–H groups in total. The van der Waals surface area contributed by atoms with Crippen LogP contribution in [0.25, 0.3) is 0 Å². The monoisotopic (exact) mass is 306 g/mol. The number of nitrogens with zero attached hydrogens (tertiary/aromatic N) is 1. The zero-order valence-corrected chi connectivity index (χ0v) is 12.9. The van der Waals surface area contributed by atoms with Crippen molar-refractivity contribution in [2.24, 2.45) is 0 Å². The first-order valence-electron chi connectivity index (χ1n) is 7.60. The zero-order chi connectivity index (χ0) is 14.7. The van der Waals surface area contributed by atoms with Gasteiger partial charge >= 0.3 is 0 Å². The van der Waals surface area contributed by atoms with Crippen LogP contribution in [0, 0.1) is 0 Å². The predicted octanol–water partition coefficient (Wildman–Crippen LogP) is 1.76. The maximum Gasteiger partial charge on any atom is 0.240 e. The van der Waals surface area contributed by atoms with E-state index in [9.17, 15) is 9.90 Å². The first-order chi connectivity index (χ1) is 10.3. The Morgan fingerprint density at radius 3 is 2.95 bits per heavy atom. The molecule has 0 radical (unpaired) electrons. The molecule has 3 rings (SSSR count). The largest absolute Gasteiger partial charge is 0.388 e. The van der Waals surface area contributed by atoms with E-state index in [1.807, 2.05) is 35.2 Å². The Kier molecular flexibility index (Phi) is 4.83. The number of amides is 1. The molecular weight excluding hydrogens is 284 g/mol. The average molecular weight is 306 g/mol. The smallest absolute Gasteiger partial charge is 0.240 e. The molecule has 0 spiro atoms. The molecular formula is C16H22N2O2S. The molecule has 0 aliphatic carbocycles. The molecule has 2 saturated heterocycles. The van der Waals surface area contributed by atoms with Crippen molar-refractivity contribution in [3.63, 3.8) is 0 Å². The maximum atomic E-state index is 12.5. The van der Waals surface area contributed by atoms with E-state index in [1.165, 1.54) is 0 Å². The van der Waals surface area contributed by atoms with Gasteiger partial charge in [0.2, 0.25) is 5.91 Å². The molecule has 1 amide bonds. The minimum Gasteiger partial charge on any atom is -0.388 e. The molecule has 2 heterocycles. The van der Waals surface area contributed by atoms with Crippen molar-refractivity contribution >= 4 is 17.7 Å². The molecule has 2 fully saturated rings. The highest BCUT2D eigenvalue weighted by Crippen LogP contribution is 2.28. The number of thioether (sulfide) groups is 1. The number of aliphatic hydroxyl groups excluding tert-OH is 1. The first kappa shape index (κ1) is 14.9. The quantitative estimate of drug-likeness (QED) is 0.890. The van der Waals surface area contributed by atoms with E-state index in [2.05, 4.69) is 5.32 Å². The van der Waals surface area contributed by atoms with Gasteiger partial charge in [0.15, 0.2) is 0 Å². The second-order valence-corrected chi connectivity index (χ2v) is 6.79. The molecule has 0 saturated carbocycles. The van der Waals surface area contributed by atoms with Gasteiger partial charge in [-0.15, -0.1) is 11.8 Å². The lowest BCUT2D eigenvalue weighted by atomic mass is 10.0. The summed E-state index contributed by atoms with van der Waals surface area (Å²) in [5.41, 5.74) is 0.936. The normalized spacial score (nSPS) is 27.0. The Labute approximate surface area is 129 Å². The molecule has 5 heteroatoms. The van der Waals surface area contributed by atoms with Crippen molar-refractivity contribution in [2.45, 2.75) is 37.5 Å².